The third-order valence-corrected chi connectivity index (χ3v) is 3.49. The topological polar surface area (TPSA) is 42.1 Å². The summed E-state index contributed by atoms with van der Waals surface area (Å²) in [5.74, 6) is 0.997. The van der Waals surface area contributed by atoms with Gasteiger partial charge in [-0.15, -0.1) is 0 Å². The maximum Gasteiger partial charge on any atom is 0.128 e. The zero-order chi connectivity index (χ0) is 13.2. The van der Waals surface area contributed by atoms with Crippen molar-refractivity contribution in [3.63, 3.8) is 0 Å². The first-order valence-electron chi connectivity index (χ1n) is 6.18. The van der Waals surface area contributed by atoms with Crippen LogP contribution in [0, 0.1) is 5.41 Å². The molecule has 0 saturated carbocycles. The molecule has 1 aromatic rings. The Kier molecular flexibility index (Phi) is 4.15. The average Bonchev–Trinajstić information content (AvgIpc) is 2.26. The largest absolute Gasteiger partial charge is 0.356 e. The van der Waals surface area contributed by atoms with Crippen LogP contribution < -0.4 is 10.6 Å². The van der Waals surface area contributed by atoms with E-state index in [9.17, 15) is 0 Å². The highest BCUT2D eigenvalue weighted by atomic mass is 15.2. The number of hydrogen-bond donors (Lipinski definition) is 1. The molecule has 0 bridgehead atoms. The molecular weight excluding hydrogens is 210 g/mol. The monoisotopic (exact) mass is 235 g/mol. The third-order valence-electron chi connectivity index (χ3n) is 3.49. The first-order valence-corrected chi connectivity index (χ1v) is 6.18. The molecule has 2 N–H and O–H groups in total. The molecule has 0 saturated heterocycles. The number of pyridine rings is 1. The summed E-state index contributed by atoms with van der Waals surface area (Å²) in [4.78, 5) is 6.69. The summed E-state index contributed by atoms with van der Waals surface area (Å²) in [5, 5.41) is 0. The highest BCUT2D eigenvalue weighted by Gasteiger charge is 2.24. The van der Waals surface area contributed by atoms with Crippen molar-refractivity contribution in [2.75, 3.05) is 11.9 Å². The number of aromatic nitrogens is 1. The lowest BCUT2D eigenvalue weighted by Gasteiger charge is -2.36. The Labute approximate surface area is 105 Å². The van der Waals surface area contributed by atoms with E-state index in [0.29, 0.717) is 6.04 Å². The number of anilines is 1. The van der Waals surface area contributed by atoms with Crippen molar-refractivity contribution in [2.45, 2.75) is 46.7 Å². The van der Waals surface area contributed by atoms with Crippen LogP contribution in [0.5, 0.6) is 0 Å². The molecule has 1 aromatic heterocycles. The van der Waals surface area contributed by atoms with Crippen LogP contribution in [0.2, 0.25) is 0 Å². The Hall–Kier alpha value is -1.09. The van der Waals surface area contributed by atoms with Gasteiger partial charge in [0.15, 0.2) is 0 Å². The van der Waals surface area contributed by atoms with Gasteiger partial charge in [-0.05, 0) is 30.9 Å². The SMILES string of the molecule is CC(N(C)c1ccc([C@H](C)N)cn1)C(C)(C)C. The summed E-state index contributed by atoms with van der Waals surface area (Å²) in [6.07, 6.45) is 1.87. The molecule has 1 unspecified atom stereocenters. The van der Waals surface area contributed by atoms with Crippen LogP contribution in [0.1, 0.15) is 46.2 Å². The van der Waals surface area contributed by atoms with Gasteiger partial charge in [-0.3, -0.25) is 0 Å². The summed E-state index contributed by atoms with van der Waals surface area (Å²) >= 11 is 0. The van der Waals surface area contributed by atoms with Gasteiger partial charge < -0.3 is 10.6 Å². The van der Waals surface area contributed by atoms with Gasteiger partial charge in [0.25, 0.3) is 0 Å². The minimum atomic E-state index is 0.0434. The molecule has 0 aromatic carbocycles. The van der Waals surface area contributed by atoms with Crippen molar-refractivity contribution < 1.29 is 0 Å². The third kappa shape index (κ3) is 3.43. The lowest BCUT2D eigenvalue weighted by molar-refractivity contribution is 0.328. The van der Waals surface area contributed by atoms with Crippen LogP contribution in [0.3, 0.4) is 0 Å². The molecule has 0 amide bonds. The van der Waals surface area contributed by atoms with Crippen molar-refractivity contribution in [3.8, 4) is 0 Å². The van der Waals surface area contributed by atoms with E-state index in [1.54, 1.807) is 0 Å². The van der Waals surface area contributed by atoms with E-state index >= 15 is 0 Å². The maximum atomic E-state index is 5.82. The molecule has 3 nitrogen and oxygen atoms in total. The van der Waals surface area contributed by atoms with Gasteiger partial charge in [0.05, 0.1) is 0 Å². The van der Waals surface area contributed by atoms with Gasteiger partial charge in [0.2, 0.25) is 0 Å². The second kappa shape index (κ2) is 5.05. The van der Waals surface area contributed by atoms with E-state index in [2.05, 4.69) is 50.7 Å². The van der Waals surface area contributed by atoms with E-state index in [-0.39, 0.29) is 11.5 Å². The molecule has 0 aliphatic rings. The van der Waals surface area contributed by atoms with Gasteiger partial charge in [0.1, 0.15) is 5.82 Å². The second-order valence-electron chi connectivity index (χ2n) is 5.89. The Morgan fingerprint density at radius 1 is 1.24 bits per heavy atom. The molecule has 0 aliphatic carbocycles. The molecule has 96 valence electrons. The summed E-state index contributed by atoms with van der Waals surface area (Å²) in [7, 11) is 2.09. The predicted octanol–water partition coefficient (Wildman–Crippen LogP) is 2.97. The molecule has 1 rings (SSSR count). The molecule has 0 radical (unpaired) electrons. The number of nitrogens with zero attached hydrogens (tertiary/aromatic N) is 2. The molecule has 17 heavy (non-hydrogen) atoms. The molecule has 2 atom stereocenters. The standard InChI is InChI=1S/C14H25N3/c1-10(15)12-7-8-13(16-9-12)17(6)11(2)14(3,4)5/h7-11H,15H2,1-6H3/t10-,11?/m0/s1. The molecular formula is C14H25N3. The lowest BCUT2D eigenvalue weighted by atomic mass is 9.87. The van der Waals surface area contributed by atoms with Crippen LogP contribution in [-0.2, 0) is 0 Å². The minimum Gasteiger partial charge on any atom is -0.356 e. The highest BCUT2D eigenvalue weighted by molar-refractivity contribution is 5.40. The van der Waals surface area contributed by atoms with Crippen molar-refractivity contribution in [1.29, 1.82) is 0 Å². The zero-order valence-electron chi connectivity index (χ0n) is 11.9. The number of nitrogens with two attached hydrogens (primary N) is 1. The Morgan fingerprint density at radius 3 is 2.18 bits per heavy atom. The first-order chi connectivity index (χ1) is 7.73. The van der Waals surface area contributed by atoms with Crippen LogP contribution in [0.4, 0.5) is 5.82 Å². The van der Waals surface area contributed by atoms with Crippen LogP contribution >= 0.6 is 0 Å². The van der Waals surface area contributed by atoms with Crippen molar-refractivity contribution in [2.24, 2.45) is 11.1 Å². The molecule has 0 spiro atoms. The quantitative estimate of drug-likeness (QED) is 0.875. The fourth-order valence-electron chi connectivity index (χ4n) is 1.65. The average molecular weight is 235 g/mol. The van der Waals surface area contributed by atoms with Crippen molar-refractivity contribution in [3.05, 3.63) is 23.9 Å². The second-order valence-corrected chi connectivity index (χ2v) is 5.89. The smallest absolute Gasteiger partial charge is 0.128 e. The normalized spacial score (nSPS) is 15.5. The minimum absolute atomic E-state index is 0.0434. The fraction of sp³-hybridized carbons (Fsp3) is 0.643. The predicted molar refractivity (Wildman–Crippen MR) is 74.2 cm³/mol. The van der Waals surface area contributed by atoms with Crippen molar-refractivity contribution in [1.82, 2.24) is 4.98 Å². The van der Waals surface area contributed by atoms with Gasteiger partial charge in [-0.1, -0.05) is 26.8 Å². The Bertz CT molecular complexity index is 349. The van der Waals surface area contributed by atoms with Crippen LogP contribution in [0.25, 0.3) is 0 Å². The molecule has 0 aliphatic heterocycles. The Balaban J connectivity index is 2.87. The van der Waals surface area contributed by atoms with Gasteiger partial charge >= 0.3 is 0 Å². The van der Waals surface area contributed by atoms with Crippen molar-refractivity contribution >= 4 is 5.82 Å². The molecule has 1 heterocycles. The lowest BCUT2D eigenvalue weighted by Crippen LogP contribution is -2.39. The van der Waals surface area contributed by atoms with E-state index < -0.39 is 0 Å². The summed E-state index contributed by atoms with van der Waals surface area (Å²) in [5.41, 5.74) is 7.12. The van der Waals surface area contributed by atoms with E-state index in [4.69, 9.17) is 5.73 Å². The highest BCUT2D eigenvalue weighted by Crippen LogP contribution is 2.26. The molecule has 3 heteroatoms. The van der Waals surface area contributed by atoms with E-state index in [0.717, 1.165) is 11.4 Å². The summed E-state index contributed by atoms with van der Waals surface area (Å²) in [6.45, 7) is 10.9. The van der Waals surface area contributed by atoms with Gasteiger partial charge in [0, 0.05) is 25.3 Å². The van der Waals surface area contributed by atoms with Gasteiger partial charge in [-0.2, -0.15) is 0 Å². The first kappa shape index (κ1) is 14.0. The zero-order valence-corrected chi connectivity index (χ0v) is 11.9. The summed E-state index contributed by atoms with van der Waals surface area (Å²) < 4.78 is 0. The number of hydrogen-bond acceptors (Lipinski definition) is 3. The van der Waals surface area contributed by atoms with E-state index in [1.807, 2.05) is 19.2 Å². The maximum absolute atomic E-state index is 5.82. The van der Waals surface area contributed by atoms with Gasteiger partial charge in [-0.25, -0.2) is 4.98 Å². The van der Waals surface area contributed by atoms with Crippen LogP contribution in [-0.4, -0.2) is 18.1 Å². The van der Waals surface area contributed by atoms with E-state index in [1.165, 1.54) is 0 Å². The summed E-state index contributed by atoms with van der Waals surface area (Å²) in [6, 6.07) is 4.57. The number of rotatable bonds is 3. The molecule has 0 fully saturated rings. The van der Waals surface area contributed by atoms with Crippen LogP contribution in [0.15, 0.2) is 18.3 Å². The fourth-order valence-corrected chi connectivity index (χ4v) is 1.65. The Morgan fingerprint density at radius 2 is 1.82 bits per heavy atom.